The van der Waals surface area contributed by atoms with Crippen molar-refractivity contribution in [1.29, 1.82) is 0 Å². The molecule has 0 bridgehead atoms. The van der Waals surface area contributed by atoms with Crippen LogP contribution in [-0.2, 0) is 4.79 Å². The lowest BCUT2D eigenvalue weighted by atomic mass is 10.2. The molecule has 1 fully saturated rings. The SMILES string of the molecule is CC(CO)CSCC(NC1CC1)C(=O)O. The molecule has 15 heavy (non-hydrogen) atoms. The fourth-order valence-electron chi connectivity index (χ4n) is 1.16. The summed E-state index contributed by atoms with van der Waals surface area (Å²) in [5.74, 6) is 0.861. The molecule has 0 saturated heterocycles. The highest BCUT2D eigenvalue weighted by atomic mass is 32.2. The standard InChI is InChI=1S/C10H19NO3S/c1-7(4-12)5-15-6-9(10(13)14)11-8-2-3-8/h7-9,11-12H,2-6H2,1H3,(H,13,14). The van der Waals surface area contributed by atoms with Crippen molar-refractivity contribution in [3.05, 3.63) is 0 Å². The van der Waals surface area contributed by atoms with E-state index in [-0.39, 0.29) is 12.5 Å². The molecule has 2 atom stereocenters. The lowest BCUT2D eigenvalue weighted by Crippen LogP contribution is -2.40. The Bertz CT molecular complexity index is 209. The molecule has 1 aliphatic rings. The second-order valence-electron chi connectivity index (χ2n) is 4.16. The van der Waals surface area contributed by atoms with Crippen molar-refractivity contribution in [2.45, 2.75) is 31.8 Å². The predicted octanol–water partition coefficient (Wildman–Crippen LogP) is 0.553. The van der Waals surface area contributed by atoms with Crippen LogP contribution in [0.25, 0.3) is 0 Å². The highest BCUT2D eigenvalue weighted by molar-refractivity contribution is 7.99. The van der Waals surface area contributed by atoms with Crippen LogP contribution < -0.4 is 5.32 Å². The van der Waals surface area contributed by atoms with Crippen LogP contribution in [0.5, 0.6) is 0 Å². The van der Waals surface area contributed by atoms with E-state index < -0.39 is 12.0 Å². The Labute approximate surface area is 94.4 Å². The van der Waals surface area contributed by atoms with Crippen LogP contribution in [0.3, 0.4) is 0 Å². The first-order valence-electron chi connectivity index (χ1n) is 5.31. The van der Waals surface area contributed by atoms with Crippen molar-refractivity contribution < 1.29 is 15.0 Å². The number of hydrogen-bond donors (Lipinski definition) is 3. The highest BCUT2D eigenvalue weighted by Crippen LogP contribution is 2.20. The summed E-state index contributed by atoms with van der Waals surface area (Å²) in [6, 6.07) is -0.0182. The first kappa shape index (κ1) is 12.8. The molecule has 0 heterocycles. The van der Waals surface area contributed by atoms with Gasteiger partial charge in [0.2, 0.25) is 0 Å². The molecule has 1 saturated carbocycles. The summed E-state index contributed by atoms with van der Waals surface area (Å²) >= 11 is 1.59. The Kier molecular flexibility index (Phi) is 5.42. The molecule has 0 aromatic rings. The number of nitrogens with one attached hydrogen (secondary N) is 1. The molecular weight excluding hydrogens is 214 g/mol. The van der Waals surface area contributed by atoms with Crippen LogP contribution in [0.1, 0.15) is 19.8 Å². The maximum absolute atomic E-state index is 10.9. The molecule has 0 aliphatic heterocycles. The minimum atomic E-state index is -0.772. The van der Waals surface area contributed by atoms with E-state index in [9.17, 15) is 4.79 Å². The number of carboxylic acid groups (broad SMARTS) is 1. The summed E-state index contributed by atoms with van der Waals surface area (Å²) in [4.78, 5) is 10.9. The first-order valence-corrected chi connectivity index (χ1v) is 6.46. The summed E-state index contributed by atoms with van der Waals surface area (Å²) in [7, 11) is 0. The Balaban J connectivity index is 2.15. The number of aliphatic hydroxyl groups excluding tert-OH is 1. The van der Waals surface area contributed by atoms with Gasteiger partial charge in [-0.2, -0.15) is 11.8 Å². The predicted molar refractivity (Wildman–Crippen MR) is 61.2 cm³/mol. The van der Waals surface area contributed by atoms with Gasteiger partial charge < -0.3 is 15.5 Å². The molecule has 0 spiro atoms. The van der Waals surface area contributed by atoms with Gasteiger partial charge in [-0.3, -0.25) is 4.79 Å². The monoisotopic (exact) mass is 233 g/mol. The molecular formula is C10H19NO3S. The van der Waals surface area contributed by atoms with Gasteiger partial charge in [-0.1, -0.05) is 6.92 Å². The van der Waals surface area contributed by atoms with Crippen LogP contribution in [0, 0.1) is 5.92 Å². The second kappa shape index (κ2) is 6.35. The Morgan fingerprint density at radius 3 is 2.67 bits per heavy atom. The zero-order valence-electron chi connectivity index (χ0n) is 8.98. The normalized spacial score (nSPS) is 19.9. The van der Waals surface area contributed by atoms with E-state index in [1.165, 1.54) is 0 Å². The number of thioether (sulfide) groups is 1. The number of aliphatic hydroxyl groups is 1. The van der Waals surface area contributed by atoms with E-state index in [0.29, 0.717) is 11.8 Å². The van der Waals surface area contributed by atoms with Crippen LogP contribution in [0.15, 0.2) is 0 Å². The van der Waals surface area contributed by atoms with Gasteiger partial charge in [-0.05, 0) is 24.5 Å². The molecule has 88 valence electrons. The summed E-state index contributed by atoms with van der Waals surface area (Å²) in [6.45, 7) is 2.12. The van der Waals surface area contributed by atoms with Gasteiger partial charge in [0.05, 0.1) is 0 Å². The number of aliphatic carboxylic acids is 1. The third kappa shape index (κ3) is 5.39. The van der Waals surface area contributed by atoms with Gasteiger partial charge in [-0.25, -0.2) is 0 Å². The van der Waals surface area contributed by atoms with Crippen molar-refractivity contribution in [2.24, 2.45) is 5.92 Å². The maximum Gasteiger partial charge on any atom is 0.321 e. The van der Waals surface area contributed by atoms with E-state index >= 15 is 0 Å². The number of rotatable bonds is 8. The van der Waals surface area contributed by atoms with Crippen molar-refractivity contribution in [3.8, 4) is 0 Å². The maximum atomic E-state index is 10.9. The largest absolute Gasteiger partial charge is 0.480 e. The van der Waals surface area contributed by atoms with E-state index in [2.05, 4.69) is 5.32 Å². The molecule has 1 aliphatic carbocycles. The van der Waals surface area contributed by atoms with Crippen LogP contribution in [0.2, 0.25) is 0 Å². The van der Waals surface area contributed by atoms with Crippen molar-refractivity contribution in [2.75, 3.05) is 18.1 Å². The van der Waals surface area contributed by atoms with Gasteiger partial charge in [0, 0.05) is 18.4 Å². The minimum Gasteiger partial charge on any atom is -0.480 e. The molecule has 0 aromatic carbocycles. The highest BCUT2D eigenvalue weighted by Gasteiger charge is 2.27. The molecule has 3 N–H and O–H groups in total. The lowest BCUT2D eigenvalue weighted by molar-refractivity contribution is -0.138. The van der Waals surface area contributed by atoms with Crippen molar-refractivity contribution in [1.82, 2.24) is 5.32 Å². The number of hydrogen-bond acceptors (Lipinski definition) is 4. The summed E-state index contributed by atoms with van der Waals surface area (Å²) in [5.41, 5.74) is 0. The quantitative estimate of drug-likeness (QED) is 0.571. The van der Waals surface area contributed by atoms with Crippen molar-refractivity contribution in [3.63, 3.8) is 0 Å². The molecule has 2 unspecified atom stereocenters. The second-order valence-corrected chi connectivity index (χ2v) is 5.23. The number of carboxylic acids is 1. The Morgan fingerprint density at radius 1 is 1.53 bits per heavy atom. The minimum absolute atomic E-state index is 0.167. The van der Waals surface area contributed by atoms with Crippen LogP contribution in [-0.4, -0.2) is 46.4 Å². The average molecular weight is 233 g/mol. The fourth-order valence-corrected chi connectivity index (χ4v) is 2.28. The van der Waals surface area contributed by atoms with E-state index in [1.807, 2.05) is 6.92 Å². The molecule has 0 aromatic heterocycles. The van der Waals surface area contributed by atoms with Crippen LogP contribution >= 0.6 is 11.8 Å². The summed E-state index contributed by atoms with van der Waals surface area (Å²) in [5, 5.41) is 20.9. The fraction of sp³-hybridized carbons (Fsp3) is 0.900. The summed E-state index contributed by atoms with van der Waals surface area (Å²) < 4.78 is 0. The summed E-state index contributed by atoms with van der Waals surface area (Å²) in [6.07, 6.45) is 2.20. The smallest absolute Gasteiger partial charge is 0.321 e. The van der Waals surface area contributed by atoms with Gasteiger partial charge >= 0.3 is 5.97 Å². The van der Waals surface area contributed by atoms with Gasteiger partial charge in [0.25, 0.3) is 0 Å². The Morgan fingerprint density at radius 2 is 2.20 bits per heavy atom. The molecule has 5 heteroatoms. The Hall–Kier alpha value is -0.260. The van der Waals surface area contributed by atoms with E-state index in [4.69, 9.17) is 10.2 Å². The molecule has 0 radical (unpaired) electrons. The van der Waals surface area contributed by atoms with E-state index in [0.717, 1.165) is 18.6 Å². The molecule has 0 amide bonds. The lowest BCUT2D eigenvalue weighted by Gasteiger charge is -2.14. The topological polar surface area (TPSA) is 69.6 Å². The zero-order chi connectivity index (χ0) is 11.3. The molecule has 4 nitrogen and oxygen atoms in total. The number of carbonyl (C=O) groups is 1. The van der Waals surface area contributed by atoms with E-state index in [1.54, 1.807) is 11.8 Å². The third-order valence-electron chi connectivity index (χ3n) is 2.31. The third-order valence-corrected chi connectivity index (χ3v) is 3.68. The van der Waals surface area contributed by atoms with Crippen molar-refractivity contribution >= 4 is 17.7 Å². The zero-order valence-corrected chi connectivity index (χ0v) is 9.80. The van der Waals surface area contributed by atoms with Crippen LogP contribution in [0.4, 0.5) is 0 Å². The van der Waals surface area contributed by atoms with Gasteiger partial charge in [-0.15, -0.1) is 0 Å². The average Bonchev–Trinajstić information content (AvgIpc) is 2.99. The van der Waals surface area contributed by atoms with Gasteiger partial charge in [0.15, 0.2) is 0 Å². The first-order chi connectivity index (χ1) is 7.13. The molecule has 1 rings (SSSR count). The van der Waals surface area contributed by atoms with Gasteiger partial charge in [0.1, 0.15) is 6.04 Å².